The molecule has 0 aliphatic rings. The number of carbonyl (C=O) groups is 1. The van der Waals surface area contributed by atoms with Gasteiger partial charge in [0.25, 0.3) is 5.69 Å². The van der Waals surface area contributed by atoms with Gasteiger partial charge in [-0.15, -0.1) is 0 Å². The number of hydrogen-bond acceptors (Lipinski definition) is 5. The molecule has 1 amide bonds. The van der Waals surface area contributed by atoms with Gasteiger partial charge in [-0.05, 0) is 24.1 Å². The lowest BCUT2D eigenvalue weighted by Gasteiger charge is -2.13. The van der Waals surface area contributed by atoms with E-state index in [-0.39, 0.29) is 24.9 Å². The minimum atomic E-state index is -0.626. The smallest absolute Gasteiger partial charge is 0.407 e. The van der Waals surface area contributed by atoms with Crippen molar-refractivity contribution >= 4 is 11.8 Å². The van der Waals surface area contributed by atoms with Crippen molar-refractivity contribution in [1.29, 1.82) is 0 Å². The number of rotatable bonds is 6. The number of carbonyl (C=O) groups excluding carboxylic acids is 1. The van der Waals surface area contributed by atoms with Crippen LogP contribution in [0.1, 0.15) is 18.9 Å². The van der Waals surface area contributed by atoms with Crippen LogP contribution in [0.2, 0.25) is 0 Å². The van der Waals surface area contributed by atoms with E-state index >= 15 is 0 Å². The molecule has 0 heterocycles. The lowest BCUT2D eigenvalue weighted by molar-refractivity contribution is -0.384. The Hall–Kier alpha value is -2.15. The maximum absolute atomic E-state index is 11.4. The van der Waals surface area contributed by atoms with Crippen LogP contribution in [0.4, 0.5) is 10.5 Å². The molecule has 0 saturated heterocycles. The summed E-state index contributed by atoms with van der Waals surface area (Å²) in [6.07, 6.45) is -0.0254. The van der Waals surface area contributed by atoms with Crippen LogP contribution in [0.25, 0.3) is 0 Å². The first kappa shape index (κ1) is 14.9. The number of benzene rings is 1. The quantitative estimate of drug-likeness (QED) is 0.602. The topological polar surface area (TPSA) is 102 Å². The number of amides is 1. The number of aliphatic hydroxyl groups excluding tert-OH is 1. The lowest BCUT2D eigenvalue weighted by atomic mass is 10.2. The van der Waals surface area contributed by atoms with Crippen molar-refractivity contribution in [3.63, 3.8) is 0 Å². The standard InChI is InChI=1S/C12H16N2O5/c1-2-10(7-15)13-12(16)19-8-9-3-5-11(6-4-9)14(17)18/h3-6,10,15H,2,7-8H2,1H3,(H,13,16). The van der Waals surface area contributed by atoms with Gasteiger partial charge in [0.15, 0.2) is 0 Å². The zero-order valence-electron chi connectivity index (χ0n) is 10.5. The summed E-state index contributed by atoms with van der Waals surface area (Å²) in [6, 6.07) is 5.41. The van der Waals surface area contributed by atoms with Crippen LogP contribution in [0.15, 0.2) is 24.3 Å². The van der Waals surface area contributed by atoms with Crippen LogP contribution < -0.4 is 5.32 Å². The van der Waals surface area contributed by atoms with Crippen LogP contribution in [-0.2, 0) is 11.3 Å². The molecule has 7 heteroatoms. The van der Waals surface area contributed by atoms with E-state index < -0.39 is 11.0 Å². The Morgan fingerprint density at radius 2 is 2.11 bits per heavy atom. The Morgan fingerprint density at radius 3 is 2.58 bits per heavy atom. The third-order valence-electron chi connectivity index (χ3n) is 2.55. The van der Waals surface area contributed by atoms with Crippen molar-refractivity contribution in [1.82, 2.24) is 5.32 Å². The predicted octanol–water partition coefficient (Wildman–Crippen LogP) is 1.59. The van der Waals surface area contributed by atoms with E-state index in [9.17, 15) is 14.9 Å². The van der Waals surface area contributed by atoms with Crippen LogP contribution in [0, 0.1) is 10.1 Å². The molecule has 0 aliphatic carbocycles. The van der Waals surface area contributed by atoms with Gasteiger partial charge in [-0.2, -0.15) is 0 Å². The van der Waals surface area contributed by atoms with Gasteiger partial charge >= 0.3 is 6.09 Å². The highest BCUT2D eigenvalue weighted by molar-refractivity contribution is 5.67. The summed E-state index contributed by atoms with van der Waals surface area (Å²) in [5.41, 5.74) is 0.636. The number of aliphatic hydroxyl groups is 1. The molecular formula is C12H16N2O5. The number of nitrogens with one attached hydrogen (secondary N) is 1. The summed E-state index contributed by atoms with van der Waals surface area (Å²) in [7, 11) is 0. The molecule has 0 bridgehead atoms. The van der Waals surface area contributed by atoms with E-state index in [1.807, 2.05) is 6.92 Å². The summed E-state index contributed by atoms with van der Waals surface area (Å²) in [6.45, 7) is 1.70. The van der Waals surface area contributed by atoms with Crippen molar-refractivity contribution in [2.24, 2.45) is 0 Å². The highest BCUT2D eigenvalue weighted by atomic mass is 16.6. The van der Waals surface area contributed by atoms with E-state index in [0.717, 1.165) is 0 Å². The second kappa shape index (κ2) is 7.32. The number of nitro benzene ring substituents is 1. The van der Waals surface area contributed by atoms with Crippen molar-refractivity contribution in [2.45, 2.75) is 26.0 Å². The molecule has 104 valence electrons. The van der Waals surface area contributed by atoms with Gasteiger partial charge in [0, 0.05) is 12.1 Å². The van der Waals surface area contributed by atoms with Crippen LogP contribution >= 0.6 is 0 Å². The van der Waals surface area contributed by atoms with E-state index in [2.05, 4.69) is 5.32 Å². The SMILES string of the molecule is CCC(CO)NC(=O)OCc1ccc([N+](=O)[O-])cc1. The fourth-order valence-electron chi connectivity index (χ4n) is 1.35. The molecule has 0 aliphatic heterocycles. The Morgan fingerprint density at radius 1 is 1.47 bits per heavy atom. The van der Waals surface area contributed by atoms with Crippen molar-refractivity contribution < 1.29 is 19.6 Å². The largest absolute Gasteiger partial charge is 0.445 e. The normalized spacial score (nSPS) is 11.7. The Labute approximate surface area is 110 Å². The molecule has 7 nitrogen and oxygen atoms in total. The summed E-state index contributed by atoms with van der Waals surface area (Å²) in [5, 5.41) is 21.9. The molecule has 1 aromatic rings. The van der Waals surface area contributed by atoms with Gasteiger partial charge in [-0.3, -0.25) is 10.1 Å². The van der Waals surface area contributed by atoms with Crippen molar-refractivity contribution in [3.05, 3.63) is 39.9 Å². The molecule has 1 aromatic carbocycles. The van der Waals surface area contributed by atoms with Crippen LogP contribution in [0.5, 0.6) is 0 Å². The first-order valence-corrected chi connectivity index (χ1v) is 5.84. The molecular weight excluding hydrogens is 252 g/mol. The Kier molecular flexibility index (Phi) is 5.74. The first-order chi connectivity index (χ1) is 9.06. The molecule has 1 unspecified atom stereocenters. The minimum Gasteiger partial charge on any atom is -0.445 e. The van der Waals surface area contributed by atoms with Gasteiger partial charge < -0.3 is 15.2 Å². The monoisotopic (exact) mass is 268 g/mol. The fourth-order valence-corrected chi connectivity index (χ4v) is 1.35. The molecule has 0 fully saturated rings. The third kappa shape index (κ3) is 4.92. The summed E-state index contributed by atoms with van der Waals surface area (Å²) in [5.74, 6) is 0. The predicted molar refractivity (Wildman–Crippen MR) is 67.6 cm³/mol. The molecule has 1 atom stereocenters. The van der Waals surface area contributed by atoms with Gasteiger partial charge in [0.1, 0.15) is 6.61 Å². The van der Waals surface area contributed by atoms with E-state index in [0.29, 0.717) is 12.0 Å². The molecule has 0 saturated carbocycles. The maximum Gasteiger partial charge on any atom is 0.407 e. The van der Waals surface area contributed by atoms with E-state index in [1.54, 1.807) is 0 Å². The van der Waals surface area contributed by atoms with Gasteiger partial charge in [-0.1, -0.05) is 6.92 Å². The van der Waals surface area contributed by atoms with Gasteiger partial charge in [0.2, 0.25) is 0 Å². The van der Waals surface area contributed by atoms with Crippen molar-refractivity contribution in [2.75, 3.05) is 6.61 Å². The van der Waals surface area contributed by atoms with Gasteiger partial charge in [-0.25, -0.2) is 4.79 Å². The van der Waals surface area contributed by atoms with Crippen LogP contribution in [-0.4, -0.2) is 28.8 Å². The lowest BCUT2D eigenvalue weighted by Crippen LogP contribution is -2.37. The Balaban J connectivity index is 2.43. The average Bonchev–Trinajstić information content (AvgIpc) is 2.43. The third-order valence-corrected chi connectivity index (χ3v) is 2.55. The molecule has 2 N–H and O–H groups in total. The number of alkyl carbamates (subject to hydrolysis) is 1. The van der Waals surface area contributed by atoms with Crippen molar-refractivity contribution in [3.8, 4) is 0 Å². The zero-order valence-corrected chi connectivity index (χ0v) is 10.5. The zero-order chi connectivity index (χ0) is 14.3. The minimum absolute atomic E-state index is 0.0143. The molecule has 0 radical (unpaired) electrons. The highest BCUT2D eigenvalue weighted by Crippen LogP contribution is 2.12. The number of nitrogens with zero attached hydrogens (tertiary/aromatic N) is 1. The fraction of sp³-hybridized carbons (Fsp3) is 0.417. The highest BCUT2D eigenvalue weighted by Gasteiger charge is 2.10. The summed E-state index contributed by atoms with van der Waals surface area (Å²) >= 11 is 0. The number of non-ortho nitro benzene ring substituents is 1. The second-order valence-corrected chi connectivity index (χ2v) is 3.93. The first-order valence-electron chi connectivity index (χ1n) is 5.84. The maximum atomic E-state index is 11.4. The average molecular weight is 268 g/mol. The number of ether oxygens (including phenoxy) is 1. The molecule has 1 rings (SSSR count). The van der Waals surface area contributed by atoms with Gasteiger partial charge in [0.05, 0.1) is 17.6 Å². The molecule has 0 aromatic heterocycles. The number of hydrogen-bond donors (Lipinski definition) is 2. The van der Waals surface area contributed by atoms with E-state index in [4.69, 9.17) is 9.84 Å². The number of nitro groups is 1. The van der Waals surface area contributed by atoms with Crippen LogP contribution in [0.3, 0.4) is 0 Å². The summed E-state index contributed by atoms with van der Waals surface area (Å²) in [4.78, 5) is 21.3. The Bertz CT molecular complexity index is 428. The second-order valence-electron chi connectivity index (χ2n) is 3.93. The summed E-state index contributed by atoms with van der Waals surface area (Å²) < 4.78 is 4.93. The molecule has 19 heavy (non-hydrogen) atoms. The van der Waals surface area contributed by atoms with E-state index in [1.165, 1.54) is 24.3 Å². The molecule has 0 spiro atoms.